The van der Waals surface area contributed by atoms with Crippen molar-refractivity contribution in [1.82, 2.24) is 5.32 Å². The highest BCUT2D eigenvalue weighted by Gasteiger charge is 2.41. The summed E-state index contributed by atoms with van der Waals surface area (Å²) in [5.41, 5.74) is 5.82. The van der Waals surface area contributed by atoms with Crippen LogP contribution in [0.1, 0.15) is 12.5 Å². The third-order valence-corrected chi connectivity index (χ3v) is 3.86. The van der Waals surface area contributed by atoms with Crippen molar-refractivity contribution in [2.45, 2.75) is 19.4 Å². The molecule has 1 aromatic carbocycles. The minimum absolute atomic E-state index is 0.141. The number of esters is 2. The highest BCUT2D eigenvalue weighted by atomic mass is 19.1. The number of amides is 2. The van der Waals surface area contributed by atoms with Crippen molar-refractivity contribution < 1.29 is 33.0 Å². The predicted octanol–water partition coefficient (Wildman–Crippen LogP) is -0.0634. The van der Waals surface area contributed by atoms with Crippen LogP contribution in [0.25, 0.3) is 0 Å². The van der Waals surface area contributed by atoms with Gasteiger partial charge in [-0.25, -0.2) is 4.39 Å². The molecule has 8 nitrogen and oxygen atoms in total. The van der Waals surface area contributed by atoms with Crippen LogP contribution in [0.5, 0.6) is 0 Å². The van der Waals surface area contributed by atoms with Crippen molar-refractivity contribution in [1.29, 1.82) is 0 Å². The maximum Gasteiger partial charge on any atom is 0.320 e. The zero-order valence-corrected chi connectivity index (χ0v) is 14.7. The molecule has 0 spiro atoms. The first kappa shape index (κ1) is 21.1. The Bertz CT molecular complexity index is 660. The number of halogens is 1. The van der Waals surface area contributed by atoms with E-state index in [2.05, 4.69) is 14.8 Å². The van der Waals surface area contributed by atoms with Gasteiger partial charge in [0.05, 0.1) is 20.6 Å². The highest BCUT2D eigenvalue weighted by Crippen LogP contribution is 2.19. The van der Waals surface area contributed by atoms with Gasteiger partial charge in [0, 0.05) is 5.92 Å². The maximum absolute atomic E-state index is 12.9. The average Bonchev–Trinajstić information content (AvgIpc) is 2.60. The number of rotatable bonds is 8. The number of carbonyl (C=O) groups excluding carboxylic acids is 4. The summed E-state index contributed by atoms with van der Waals surface area (Å²) in [5, 5.41) is 2.39. The molecule has 2 amide bonds. The number of hydrogen-bond acceptors (Lipinski definition) is 6. The van der Waals surface area contributed by atoms with Crippen LogP contribution in [0, 0.1) is 17.7 Å². The zero-order valence-electron chi connectivity index (χ0n) is 14.7. The van der Waals surface area contributed by atoms with E-state index in [1.807, 2.05) is 0 Å². The molecule has 26 heavy (non-hydrogen) atoms. The smallest absolute Gasteiger partial charge is 0.320 e. The largest absolute Gasteiger partial charge is 0.468 e. The molecule has 0 radical (unpaired) electrons. The lowest BCUT2D eigenvalue weighted by atomic mass is 9.86. The average molecular weight is 368 g/mol. The number of carbonyl (C=O) groups is 4. The third kappa shape index (κ3) is 5.54. The standard InChI is InChI=1S/C17H21FN2O6/c1-9(13(16(23)25-2)17(24)26-3)14(15(19)22)20-12(21)8-10-4-6-11(18)7-5-10/h4-7,9,13-14H,8H2,1-3H3,(H2,19,22)(H,20,21)/t9-,14+/m1/s1. The van der Waals surface area contributed by atoms with E-state index in [0.29, 0.717) is 5.56 Å². The van der Waals surface area contributed by atoms with Gasteiger partial charge in [-0.05, 0) is 17.7 Å². The molecule has 0 saturated carbocycles. The second-order valence-corrected chi connectivity index (χ2v) is 5.63. The fourth-order valence-electron chi connectivity index (χ4n) is 2.45. The molecule has 0 heterocycles. The molecule has 0 bridgehead atoms. The molecule has 1 aromatic rings. The van der Waals surface area contributed by atoms with Gasteiger partial charge in [-0.15, -0.1) is 0 Å². The van der Waals surface area contributed by atoms with Crippen molar-refractivity contribution in [3.05, 3.63) is 35.6 Å². The Hall–Kier alpha value is -2.97. The van der Waals surface area contributed by atoms with Gasteiger partial charge in [0.2, 0.25) is 11.8 Å². The van der Waals surface area contributed by atoms with Crippen molar-refractivity contribution in [2.24, 2.45) is 17.6 Å². The van der Waals surface area contributed by atoms with Crippen LogP contribution >= 0.6 is 0 Å². The van der Waals surface area contributed by atoms with Gasteiger partial charge < -0.3 is 20.5 Å². The molecule has 142 valence electrons. The number of benzene rings is 1. The van der Waals surface area contributed by atoms with Crippen molar-refractivity contribution in [3.63, 3.8) is 0 Å². The Morgan fingerprint density at radius 2 is 1.58 bits per heavy atom. The molecule has 0 aliphatic heterocycles. The molecular formula is C17H21FN2O6. The molecular weight excluding hydrogens is 347 g/mol. The van der Waals surface area contributed by atoms with E-state index in [9.17, 15) is 23.6 Å². The first-order valence-electron chi connectivity index (χ1n) is 7.70. The Morgan fingerprint density at radius 1 is 1.08 bits per heavy atom. The summed E-state index contributed by atoms with van der Waals surface area (Å²) in [7, 11) is 2.16. The first-order valence-corrected chi connectivity index (χ1v) is 7.70. The van der Waals surface area contributed by atoms with E-state index in [4.69, 9.17) is 5.73 Å². The topological polar surface area (TPSA) is 125 Å². The fraction of sp³-hybridized carbons (Fsp3) is 0.412. The lowest BCUT2D eigenvalue weighted by molar-refractivity contribution is -0.162. The molecule has 0 saturated heterocycles. The van der Waals surface area contributed by atoms with Crippen molar-refractivity contribution in [3.8, 4) is 0 Å². The van der Waals surface area contributed by atoms with Gasteiger partial charge in [-0.1, -0.05) is 19.1 Å². The fourth-order valence-corrected chi connectivity index (χ4v) is 2.45. The number of hydrogen-bond donors (Lipinski definition) is 2. The van der Waals surface area contributed by atoms with E-state index in [-0.39, 0.29) is 6.42 Å². The number of ether oxygens (including phenoxy) is 2. The minimum atomic E-state index is -1.44. The molecule has 0 unspecified atom stereocenters. The summed E-state index contributed by atoms with van der Waals surface area (Å²) in [6, 6.07) is 3.92. The summed E-state index contributed by atoms with van der Waals surface area (Å²) in [4.78, 5) is 47.7. The van der Waals surface area contributed by atoms with Gasteiger partial charge in [-0.3, -0.25) is 19.2 Å². The van der Waals surface area contributed by atoms with E-state index in [1.54, 1.807) is 0 Å². The van der Waals surface area contributed by atoms with E-state index in [0.717, 1.165) is 14.2 Å². The van der Waals surface area contributed by atoms with Gasteiger partial charge in [0.25, 0.3) is 0 Å². The number of nitrogens with two attached hydrogens (primary N) is 1. The Labute approximate surface area is 149 Å². The van der Waals surface area contributed by atoms with Gasteiger partial charge in [-0.2, -0.15) is 0 Å². The van der Waals surface area contributed by atoms with E-state index >= 15 is 0 Å². The van der Waals surface area contributed by atoms with Crippen molar-refractivity contribution >= 4 is 23.8 Å². The normalized spacial score (nSPS) is 12.8. The Balaban J connectivity index is 2.93. The van der Waals surface area contributed by atoms with Gasteiger partial charge >= 0.3 is 11.9 Å². The van der Waals surface area contributed by atoms with Gasteiger partial charge in [0.15, 0.2) is 5.92 Å². The SMILES string of the molecule is COC(=O)C(C(=O)OC)[C@@H](C)[C@H](NC(=O)Cc1ccc(F)cc1)C(N)=O. The molecule has 0 aliphatic carbocycles. The lowest BCUT2D eigenvalue weighted by Crippen LogP contribution is -2.53. The number of primary amides is 1. The molecule has 0 aromatic heterocycles. The monoisotopic (exact) mass is 368 g/mol. The Morgan fingerprint density at radius 3 is 2.00 bits per heavy atom. The van der Waals surface area contributed by atoms with Crippen LogP contribution in [0.2, 0.25) is 0 Å². The minimum Gasteiger partial charge on any atom is -0.468 e. The van der Waals surface area contributed by atoms with Crippen LogP contribution in [-0.4, -0.2) is 44.0 Å². The predicted molar refractivity (Wildman–Crippen MR) is 87.9 cm³/mol. The molecule has 1 rings (SSSR count). The van der Waals surface area contributed by atoms with Crippen LogP contribution in [0.3, 0.4) is 0 Å². The van der Waals surface area contributed by atoms with E-state index in [1.165, 1.54) is 31.2 Å². The van der Waals surface area contributed by atoms with Crippen LogP contribution in [0.4, 0.5) is 4.39 Å². The molecule has 0 fully saturated rings. The summed E-state index contributed by atoms with van der Waals surface area (Å²) >= 11 is 0. The summed E-state index contributed by atoms with van der Waals surface area (Å²) < 4.78 is 22.0. The Kier molecular flexibility index (Phi) is 7.70. The third-order valence-electron chi connectivity index (χ3n) is 3.86. The second-order valence-electron chi connectivity index (χ2n) is 5.63. The van der Waals surface area contributed by atoms with Crippen LogP contribution in [0.15, 0.2) is 24.3 Å². The van der Waals surface area contributed by atoms with Crippen LogP contribution in [-0.2, 0) is 35.1 Å². The highest BCUT2D eigenvalue weighted by molar-refractivity contribution is 5.97. The van der Waals surface area contributed by atoms with E-state index < -0.39 is 47.4 Å². The summed E-state index contributed by atoms with van der Waals surface area (Å²) in [6.07, 6.45) is -0.141. The van der Waals surface area contributed by atoms with Crippen LogP contribution < -0.4 is 11.1 Å². The summed E-state index contributed by atoms with van der Waals surface area (Å²) in [5.74, 6) is -6.23. The summed E-state index contributed by atoms with van der Waals surface area (Å²) in [6.45, 7) is 1.39. The first-order chi connectivity index (χ1) is 12.2. The maximum atomic E-state index is 12.9. The zero-order chi connectivity index (χ0) is 19.9. The second kappa shape index (κ2) is 9.50. The van der Waals surface area contributed by atoms with Crippen molar-refractivity contribution in [2.75, 3.05) is 14.2 Å². The molecule has 3 N–H and O–H groups in total. The van der Waals surface area contributed by atoms with Gasteiger partial charge in [0.1, 0.15) is 11.9 Å². The quantitative estimate of drug-likeness (QED) is 0.489. The molecule has 9 heteroatoms. The lowest BCUT2D eigenvalue weighted by Gasteiger charge is -2.26. The molecule has 2 atom stereocenters. The number of methoxy groups -OCH3 is 2. The molecule has 0 aliphatic rings. The number of nitrogens with one attached hydrogen (secondary N) is 1.